The van der Waals surface area contributed by atoms with E-state index in [1.807, 2.05) is 85.9 Å². The van der Waals surface area contributed by atoms with Crippen LogP contribution in [0.5, 0.6) is 0 Å². The van der Waals surface area contributed by atoms with Gasteiger partial charge in [0.25, 0.3) is 5.91 Å². The van der Waals surface area contributed by atoms with Crippen molar-refractivity contribution in [3.05, 3.63) is 120 Å². The largest absolute Gasteiger partial charge is 0.461 e. The molecule has 4 aromatic carbocycles. The number of carbonyl (C=O) groups is 4. The predicted molar refractivity (Wildman–Crippen MR) is 215 cm³/mol. The van der Waals surface area contributed by atoms with Crippen LogP contribution in [-0.4, -0.2) is 51.8 Å². The number of nitrogens with zero attached hydrogens (tertiary/aromatic N) is 2. The Morgan fingerprint density at radius 1 is 0.778 bits per heavy atom. The number of amides is 3. The number of nitrogens with one attached hydrogen (secondary N) is 1. The Labute approximate surface area is 318 Å². The molecule has 0 saturated carbocycles. The summed E-state index contributed by atoms with van der Waals surface area (Å²) in [5, 5.41) is 6.14. The summed E-state index contributed by atoms with van der Waals surface area (Å²) in [5.41, 5.74) is 9.10. The minimum atomic E-state index is -0.933. The molecule has 1 heterocycles. The second kappa shape index (κ2) is 20.1. The number of hydrogen-bond acceptors (Lipinski definition) is 5. The molecule has 9 heteroatoms. The first-order valence-corrected chi connectivity index (χ1v) is 19.4. The van der Waals surface area contributed by atoms with Crippen molar-refractivity contribution in [3.8, 4) is 0 Å². The minimum Gasteiger partial charge on any atom is -0.461 e. The van der Waals surface area contributed by atoms with Crippen molar-refractivity contribution in [3.63, 3.8) is 0 Å². The lowest BCUT2D eigenvalue weighted by atomic mass is 10.00. The van der Waals surface area contributed by atoms with Gasteiger partial charge in [-0.3, -0.25) is 19.2 Å². The molecule has 9 nitrogen and oxygen atoms in total. The molecular weight excluding hydrogens is 677 g/mol. The molecule has 1 aromatic heterocycles. The van der Waals surface area contributed by atoms with Gasteiger partial charge in [0.05, 0.1) is 5.56 Å². The van der Waals surface area contributed by atoms with E-state index in [0.29, 0.717) is 37.9 Å². The molecule has 3 amide bonds. The van der Waals surface area contributed by atoms with Crippen LogP contribution in [0, 0.1) is 0 Å². The molecule has 2 atom stereocenters. The van der Waals surface area contributed by atoms with Crippen LogP contribution in [0.2, 0.25) is 0 Å². The molecule has 54 heavy (non-hydrogen) atoms. The summed E-state index contributed by atoms with van der Waals surface area (Å²) in [6.45, 7) is 5.26. The van der Waals surface area contributed by atoms with Crippen LogP contribution in [-0.2, 0) is 32.3 Å². The first-order valence-electron chi connectivity index (χ1n) is 19.4. The molecule has 0 aliphatic carbocycles. The fourth-order valence-electron chi connectivity index (χ4n) is 7.25. The number of benzene rings is 4. The van der Waals surface area contributed by atoms with Gasteiger partial charge >= 0.3 is 5.97 Å². The molecule has 0 fully saturated rings. The van der Waals surface area contributed by atoms with Crippen molar-refractivity contribution in [2.24, 2.45) is 5.73 Å². The highest BCUT2D eigenvalue weighted by Gasteiger charge is 2.32. The maximum atomic E-state index is 14.6. The molecule has 0 saturated heterocycles. The van der Waals surface area contributed by atoms with Crippen LogP contribution in [0.4, 0.5) is 0 Å². The standard InChI is InChI=1S/C45H54N4O5/c1-3-5-6-10-22-36(29-42(46)50)49(28-4-2)45(53)40(25-16-27-43(51)54-32-33-17-8-7-9-18-33)47-44(52)39-31-48(41-26-14-13-24-38(39)41)30-35-21-15-20-34-19-11-12-23-37(34)35/h7-9,11-15,17-21,23-24,26,31,36,40H,3-6,10,16,22,25,27-30,32H2,1-2H3,(H2,46,50)(H,47,52)/t36-,40-/m0/s1. The first kappa shape index (κ1) is 39.8. The van der Waals surface area contributed by atoms with Gasteiger partial charge in [0.15, 0.2) is 0 Å². The normalized spacial score (nSPS) is 12.3. The Balaban J connectivity index is 1.40. The summed E-state index contributed by atoms with van der Waals surface area (Å²) in [6.07, 6.45) is 7.84. The number of aromatic nitrogens is 1. The molecule has 0 aliphatic heterocycles. The van der Waals surface area contributed by atoms with Gasteiger partial charge in [-0.2, -0.15) is 0 Å². The lowest BCUT2D eigenvalue weighted by Gasteiger charge is -2.34. The molecule has 3 N–H and O–H groups in total. The van der Waals surface area contributed by atoms with Crippen molar-refractivity contribution in [2.45, 2.75) is 103 Å². The first-order chi connectivity index (χ1) is 26.3. The third kappa shape index (κ3) is 10.8. The molecule has 0 spiro atoms. The highest BCUT2D eigenvalue weighted by atomic mass is 16.5. The Morgan fingerprint density at radius 3 is 2.26 bits per heavy atom. The Kier molecular flexibility index (Phi) is 14.8. The number of nitrogens with two attached hydrogens (primary N) is 1. The zero-order valence-corrected chi connectivity index (χ0v) is 31.7. The number of unbranched alkanes of at least 4 members (excludes halogenated alkanes) is 3. The van der Waals surface area contributed by atoms with E-state index >= 15 is 0 Å². The smallest absolute Gasteiger partial charge is 0.306 e. The number of hydrogen-bond donors (Lipinski definition) is 2. The van der Waals surface area contributed by atoms with Gasteiger partial charge in [-0.25, -0.2) is 0 Å². The van der Waals surface area contributed by atoms with Gasteiger partial charge in [0, 0.05) is 49.1 Å². The Hall–Kier alpha value is -5.44. The van der Waals surface area contributed by atoms with Gasteiger partial charge in [-0.15, -0.1) is 0 Å². The van der Waals surface area contributed by atoms with E-state index in [1.165, 1.54) is 0 Å². The Morgan fingerprint density at radius 2 is 1.50 bits per heavy atom. The van der Waals surface area contributed by atoms with Crippen LogP contribution in [0.25, 0.3) is 21.7 Å². The number of rotatable bonds is 21. The zero-order valence-electron chi connectivity index (χ0n) is 31.7. The third-order valence-electron chi connectivity index (χ3n) is 9.99. The fraction of sp³-hybridized carbons (Fsp3) is 0.378. The molecule has 284 valence electrons. The summed E-state index contributed by atoms with van der Waals surface area (Å²) in [5.74, 6) is -1.49. The molecule has 0 unspecified atom stereocenters. The van der Waals surface area contributed by atoms with Gasteiger partial charge in [-0.05, 0) is 53.6 Å². The predicted octanol–water partition coefficient (Wildman–Crippen LogP) is 8.31. The second-order valence-electron chi connectivity index (χ2n) is 14.1. The molecular formula is C45H54N4O5. The van der Waals surface area contributed by atoms with E-state index in [4.69, 9.17) is 10.5 Å². The van der Waals surface area contributed by atoms with Gasteiger partial charge in [-0.1, -0.05) is 131 Å². The van der Waals surface area contributed by atoms with E-state index in [-0.39, 0.29) is 49.7 Å². The van der Waals surface area contributed by atoms with E-state index < -0.39 is 11.9 Å². The molecule has 0 bridgehead atoms. The molecule has 5 rings (SSSR count). The van der Waals surface area contributed by atoms with E-state index in [1.54, 1.807) is 4.90 Å². The summed E-state index contributed by atoms with van der Waals surface area (Å²) >= 11 is 0. The zero-order chi connectivity index (χ0) is 38.3. The monoisotopic (exact) mass is 730 g/mol. The van der Waals surface area contributed by atoms with Crippen molar-refractivity contribution in [2.75, 3.05) is 6.54 Å². The van der Waals surface area contributed by atoms with Crippen molar-refractivity contribution in [1.29, 1.82) is 0 Å². The molecule has 5 aromatic rings. The van der Waals surface area contributed by atoms with Crippen LogP contribution in [0.3, 0.4) is 0 Å². The molecule has 0 aliphatic rings. The maximum absolute atomic E-state index is 14.6. The number of carbonyl (C=O) groups excluding carboxylic acids is 4. The fourth-order valence-corrected chi connectivity index (χ4v) is 7.25. The summed E-state index contributed by atoms with van der Waals surface area (Å²) in [7, 11) is 0. The lowest BCUT2D eigenvalue weighted by Crippen LogP contribution is -2.53. The van der Waals surface area contributed by atoms with Gasteiger partial charge < -0.3 is 25.3 Å². The van der Waals surface area contributed by atoms with Gasteiger partial charge in [0.2, 0.25) is 11.8 Å². The average molecular weight is 731 g/mol. The Bertz CT molecular complexity index is 2000. The van der Waals surface area contributed by atoms with Crippen molar-refractivity contribution >= 4 is 45.4 Å². The third-order valence-corrected chi connectivity index (χ3v) is 9.99. The number of para-hydroxylation sites is 1. The van der Waals surface area contributed by atoms with E-state index in [0.717, 1.165) is 58.5 Å². The second-order valence-corrected chi connectivity index (χ2v) is 14.1. The molecule has 0 radical (unpaired) electrons. The highest BCUT2D eigenvalue weighted by Crippen LogP contribution is 2.26. The number of fused-ring (bicyclic) bond motifs is 2. The van der Waals surface area contributed by atoms with Crippen LogP contribution < -0.4 is 11.1 Å². The summed E-state index contributed by atoms with van der Waals surface area (Å²) in [4.78, 5) is 55.7. The average Bonchev–Trinajstić information content (AvgIpc) is 3.55. The minimum absolute atomic E-state index is 0.0476. The van der Waals surface area contributed by atoms with Crippen LogP contribution in [0.1, 0.15) is 99.5 Å². The number of primary amides is 1. The SMILES string of the molecule is CCCCCC[C@@H](CC(N)=O)N(CCC)C(=O)[C@H](CCCC(=O)OCc1ccccc1)NC(=O)c1cn(Cc2cccc3ccccc23)c2ccccc12. The quantitative estimate of drug-likeness (QED) is 0.0581. The summed E-state index contributed by atoms with van der Waals surface area (Å²) < 4.78 is 7.58. The van der Waals surface area contributed by atoms with Crippen molar-refractivity contribution in [1.82, 2.24) is 14.8 Å². The van der Waals surface area contributed by atoms with Gasteiger partial charge in [0.1, 0.15) is 12.6 Å². The number of esters is 1. The summed E-state index contributed by atoms with van der Waals surface area (Å²) in [6, 6.07) is 30.4. The van der Waals surface area contributed by atoms with Crippen LogP contribution >= 0.6 is 0 Å². The number of ether oxygens (including phenoxy) is 1. The lowest BCUT2D eigenvalue weighted by molar-refractivity contribution is -0.145. The van der Waals surface area contributed by atoms with Crippen LogP contribution in [0.15, 0.2) is 103 Å². The topological polar surface area (TPSA) is 124 Å². The maximum Gasteiger partial charge on any atom is 0.306 e. The van der Waals surface area contributed by atoms with E-state index in [9.17, 15) is 19.2 Å². The van der Waals surface area contributed by atoms with Crippen molar-refractivity contribution < 1.29 is 23.9 Å². The van der Waals surface area contributed by atoms with E-state index in [2.05, 4.69) is 41.1 Å². The highest BCUT2D eigenvalue weighted by molar-refractivity contribution is 6.08.